The number of nitrogens with zero attached hydrogens (tertiary/aromatic N) is 3. The molecular formula is C19H14F2N4. The van der Waals surface area contributed by atoms with E-state index in [-0.39, 0.29) is 16.8 Å². The number of benzene rings is 1. The van der Waals surface area contributed by atoms with E-state index in [2.05, 4.69) is 0 Å². The third-order valence-corrected chi connectivity index (χ3v) is 5.10. The van der Waals surface area contributed by atoms with Crippen molar-refractivity contribution in [2.75, 3.05) is 0 Å². The largest absolute Gasteiger partial charge is 0.399 e. The molecule has 2 N–H and O–H groups in total. The molecule has 0 saturated heterocycles. The Morgan fingerprint density at radius 3 is 2.48 bits per heavy atom. The second-order valence-electron chi connectivity index (χ2n) is 6.27. The van der Waals surface area contributed by atoms with Gasteiger partial charge in [-0.2, -0.15) is 15.8 Å². The number of nitrogens with two attached hydrogens (primary N) is 1. The highest BCUT2D eigenvalue weighted by Gasteiger charge is 2.54. The van der Waals surface area contributed by atoms with Crippen molar-refractivity contribution >= 4 is 0 Å². The van der Waals surface area contributed by atoms with E-state index in [9.17, 15) is 24.6 Å². The minimum absolute atomic E-state index is 0.0715. The Hall–Kier alpha value is -3.17. The molecule has 0 aromatic heterocycles. The van der Waals surface area contributed by atoms with Crippen molar-refractivity contribution < 1.29 is 8.78 Å². The Morgan fingerprint density at radius 1 is 1.16 bits per heavy atom. The second-order valence-corrected chi connectivity index (χ2v) is 6.27. The van der Waals surface area contributed by atoms with E-state index in [0.717, 1.165) is 25.0 Å². The molecule has 3 rings (SSSR count). The Morgan fingerprint density at radius 2 is 1.88 bits per heavy atom. The van der Waals surface area contributed by atoms with Crippen molar-refractivity contribution in [1.82, 2.24) is 0 Å². The van der Waals surface area contributed by atoms with Crippen LogP contribution in [0.5, 0.6) is 0 Å². The zero-order valence-corrected chi connectivity index (χ0v) is 13.3. The number of hydrogen-bond acceptors (Lipinski definition) is 4. The molecule has 25 heavy (non-hydrogen) atoms. The Kier molecular flexibility index (Phi) is 4.03. The van der Waals surface area contributed by atoms with Crippen LogP contribution in [0.2, 0.25) is 0 Å². The fraction of sp³-hybridized carbons (Fsp3) is 0.316. The molecule has 1 aromatic rings. The average molecular weight is 336 g/mol. The lowest BCUT2D eigenvalue weighted by molar-refractivity contribution is 0.309. The van der Waals surface area contributed by atoms with Gasteiger partial charge < -0.3 is 5.73 Å². The molecule has 1 aromatic carbocycles. The molecule has 0 saturated carbocycles. The minimum Gasteiger partial charge on any atom is -0.399 e. The summed E-state index contributed by atoms with van der Waals surface area (Å²) in [4.78, 5) is 0. The van der Waals surface area contributed by atoms with Gasteiger partial charge in [-0.3, -0.25) is 0 Å². The maximum absolute atomic E-state index is 14.5. The minimum atomic E-state index is -1.87. The Bertz CT molecular complexity index is 910. The van der Waals surface area contributed by atoms with Gasteiger partial charge in [-0.25, -0.2) is 8.78 Å². The van der Waals surface area contributed by atoms with Crippen LogP contribution in [0.3, 0.4) is 0 Å². The zero-order valence-electron chi connectivity index (χ0n) is 13.3. The summed E-state index contributed by atoms with van der Waals surface area (Å²) in [5, 5.41) is 29.1. The fourth-order valence-electron chi connectivity index (χ4n) is 3.97. The van der Waals surface area contributed by atoms with Gasteiger partial charge in [-0.05, 0) is 42.4 Å². The normalized spacial score (nSPS) is 24.4. The van der Waals surface area contributed by atoms with Crippen LogP contribution in [0.1, 0.15) is 30.7 Å². The summed E-state index contributed by atoms with van der Waals surface area (Å²) in [5.74, 6) is -2.85. The first kappa shape index (κ1) is 16.7. The molecule has 0 bridgehead atoms. The molecule has 2 aliphatic carbocycles. The predicted octanol–water partition coefficient (Wildman–Crippen LogP) is 3.56. The highest BCUT2D eigenvalue weighted by Crippen LogP contribution is 2.56. The van der Waals surface area contributed by atoms with Crippen molar-refractivity contribution in [3.05, 3.63) is 58.3 Å². The highest BCUT2D eigenvalue weighted by atomic mass is 19.1. The number of hydrogen-bond donors (Lipinski definition) is 1. The van der Waals surface area contributed by atoms with Gasteiger partial charge >= 0.3 is 0 Å². The number of allylic oxidation sites excluding steroid dienone is 4. The molecule has 2 aliphatic rings. The SMILES string of the molecule is N#CC1=C(N)C(C#N)(C#N)[C@@H](c2ccc(F)cc2F)[C@@H]2CCCC=C12. The smallest absolute Gasteiger partial charge is 0.191 e. The van der Waals surface area contributed by atoms with Crippen molar-refractivity contribution in [1.29, 1.82) is 15.8 Å². The molecule has 6 heteroatoms. The quantitative estimate of drug-likeness (QED) is 0.848. The van der Waals surface area contributed by atoms with Gasteiger partial charge in [0.05, 0.1) is 23.4 Å². The van der Waals surface area contributed by atoms with Crippen LogP contribution < -0.4 is 5.73 Å². The maximum atomic E-state index is 14.5. The molecule has 0 radical (unpaired) electrons. The molecule has 0 spiro atoms. The maximum Gasteiger partial charge on any atom is 0.191 e. The Labute approximate surface area is 144 Å². The van der Waals surface area contributed by atoms with Crippen LogP contribution in [0.15, 0.2) is 41.1 Å². The van der Waals surface area contributed by atoms with Gasteiger partial charge in [-0.15, -0.1) is 0 Å². The van der Waals surface area contributed by atoms with Gasteiger partial charge in [-0.1, -0.05) is 12.1 Å². The average Bonchev–Trinajstić information content (AvgIpc) is 2.62. The third kappa shape index (κ3) is 2.29. The predicted molar refractivity (Wildman–Crippen MR) is 85.0 cm³/mol. The molecule has 0 fully saturated rings. The van der Waals surface area contributed by atoms with E-state index < -0.39 is 28.9 Å². The van der Waals surface area contributed by atoms with Crippen LogP contribution in [0.25, 0.3) is 0 Å². The molecule has 0 aliphatic heterocycles. The van der Waals surface area contributed by atoms with E-state index in [4.69, 9.17) is 5.73 Å². The van der Waals surface area contributed by atoms with Crippen LogP contribution in [-0.2, 0) is 0 Å². The number of rotatable bonds is 1. The van der Waals surface area contributed by atoms with E-state index in [0.29, 0.717) is 12.0 Å². The van der Waals surface area contributed by atoms with Gasteiger partial charge in [0.1, 0.15) is 17.7 Å². The summed E-state index contributed by atoms with van der Waals surface area (Å²) in [6.07, 6.45) is 4.00. The fourth-order valence-corrected chi connectivity index (χ4v) is 3.97. The monoisotopic (exact) mass is 336 g/mol. The lowest BCUT2D eigenvalue weighted by Crippen LogP contribution is -2.43. The van der Waals surface area contributed by atoms with Gasteiger partial charge in [0.15, 0.2) is 5.41 Å². The molecular weight excluding hydrogens is 322 g/mol. The molecule has 0 heterocycles. The first-order valence-corrected chi connectivity index (χ1v) is 7.88. The zero-order chi connectivity index (χ0) is 18.2. The van der Waals surface area contributed by atoms with E-state index in [1.165, 1.54) is 6.07 Å². The molecule has 124 valence electrons. The van der Waals surface area contributed by atoms with Crippen LogP contribution >= 0.6 is 0 Å². The van der Waals surface area contributed by atoms with Gasteiger partial charge in [0.2, 0.25) is 0 Å². The number of nitriles is 3. The first-order chi connectivity index (χ1) is 12.0. The second kappa shape index (κ2) is 6.04. The third-order valence-electron chi connectivity index (χ3n) is 5.10. The number of fused-ring (bicyclic) bond motifs is 1. The van der Waals surface area contributed by atoms with Crippen molar-refractivity contribution in [2.45, 2.75) is 25.2 Å². The lowest BCUT2D eigenvalue weighted by Gasteiger charge is -2.43. The van der Waals surface area contributed by atoms with Crippen molar-refractivity contribution in [2.24, 2.45) is 17.1 Å². The van der Waals surface area contributed by atoms with Gasteiger partial charge in [0.25, 0.3) is 0 Å². The summed E-state index contributed by atoms with van der Waals surface area (Å²) in [5.41, 5.74) is 4.91. The van der Waals surface area contributed by atoms with Crippen LogP contribution in [0.4, 0.5) is 8.78 Å². The number of halogens is 2. The molecule has 2 atom stereocenters. The van der Waals surface area contributed by atoms with Crippen LogP contribution in [-0.4, -0.2) is 0 Å². The summed E-state index contributed by atoms with van der Waals surface area (Å²) in [6, 6.07) is 8.94. The van der Waals surface area contributed by atoms with Crippen molar-refractivity contribution in [3.8, 4) is 18.2 Å². The summed E-state index contributed by atoms with van der Waals surface area (Å²) in [7, 11) is 0. The van der Waals surface area contributed by atoms with E-state index in [1.807, 2.05) is 24.3 Å². The van der Waals surface area contributed by atoms with Gasteiger partial charge in [0, 0.05) is 12.0 Å². The topological polar surface area (TPSA) is 97.4 Å². The molecule has 4 nitrogen and oxygen atoms in total. The summed E-state index contributed by atoms with van der Waals surface area (Å²) in [6.45, 7) is 0. The van der Waals surface area contributed by atoms with Crippen molar-refractivity contribution in [3.63, 3.8) is 0 Å². The summed E-state index contributed by atoms with van der Waals surface area (Å²) >= 11 is 0. The first-order valence-electron chi connectivity index (χ1n) is 7.88. The molecule has 0 unspecified atom stereocenters. The summed E-state index contributed by atoms with van der Waals surface area (Å²) < 4.78 is 27.9. The van der Waals surface area contributed by atoms with Crippen LogP contribution in [0, 0.1) is 57.0 Å². The standard InChI is InChI=1S/C19H14F2N4/c20-11-5-6-14(16(21)7-11)17-13-4-2-1-3-12(13)15(8-22)18(25)19(17,9-23)10-24/h3,5-7,13,17H,1-2,4,25H2/t13-,17-/m1/s1. The Balaban J connectivity index is 2.36. The highest BCUT2D eigenvalue weighted by molar-refractivity contribution is 5.59. The lowest BCUT2D eigenvalue weighted by atomic mass is 9.56. The van der Waals surface area contributed by atoms with E-state index >= 15 is 0 Å². The molecule has 0 amide bonds. The van der Waals surface area contributed by atoms with E-state index in [1.54, 1.807) is 0 Å².